The molecular weight excluding hydrogens is 289 g/mol. The second-order valence-corrected chi connectivity index (χ2v) is 5.69. The van der Waals surface area contributed by atoms with E-state index in [0.29, 0.717) is 11.4 Å². The molecule has 122 valence electrons. The Morgan fingerprint density at radius 1 is 1.48 bits per heavy atom. The normalized spacial score (nSPS) is 19.5. The number of halogens is 3. The number of carbonyl (C=O) groups is 2. The van der Waals surface area contributed by atoms with Crippen molar-refractivity contribution in [3.05, 3.63) is 0 Å². The van der Waals surface area contributed by atoms with Crippen molar-refractivity contribution in [1.82, 2.24) is 9.80 Å². The molecule has 0 spiro atoms. The van der Waals surface area contributed by atoms with E-state index in [1.165, 1.54) is 4.90 Å². The van der Waals surface area contributed by atoms with E-state index < -0.39 is 31.2 Å². The van der Waals surface area contributed by atoms with E-state index >= 15 is 0 Å². The standard InChI is InChI=1S/C13H21F3N2O3/c1-9(2)6-18-7-10(5-11(18)20)12(21)17(3-4-19)8-13(14,15)16/h9-10,19H,3-8H2,1-2H3. The zero-order valence-corrected chi connectivity index (χ0v) is 12.2. The predicted octanol–water partition coefficient (Wildman–Crippen LogP) is 0.874. The molecule has 2 amide bonds. The Labute approximate surface area is 121 Å². The summed E-state index contributed by atoms with van der Waals surface area (Å²) in [6.45, 7) is 2.15. The number of aliphatic hydroxyl groups is 1. The Morgan fingerprint density at radius 3 is 2.57 bits per heavy atom. The molecule has 1 N–H and O–H groups in total. The van der Waals surface area contributed by atoms with Crippen molar-refractivity contribution < 1.29 is 27.9 Å². The molecule has 0 radical (unpaired) electrons. The van der Waals surface area contributed by atoms with Crippen LogP contribution < -0.4 is 0 Å². The van der Waals surface area contributed by atoms with Gasteiger partial charge in [0, 0.05) is 26.1 Å². The van der Waals surface area contributed by atoms with Crippen LogP contribution in [0.4, 0.5) is 13.2 Å². The van der Waals surface area contributed by atoms with Gasteiger partial charge < -0.3 is 14.9 Å². The van der Waals surface area contributed by atoms with Crippen molar-refractivity contribution in [3.8, 4) is 0 Å². The zero-order chi connectivity index (χ0) is 16.2. The van der Waals surface area contributed by atoms with Gasteiger partial charge in [0.05, 0.1) is 12.5 Å². The Morgan fingerprint density at radius 2 is 2.10 bits per heavy atom. The van der Waals surface area contributed by atoms with Gasteiger partial charge in [0.2, 0.25) is 11.8 Å². The molecule has 5 nitrogen and oxygen atoms in total. The lowest BCUT2D eigenvalue weighted by Crippen LogP contribution is -2.44. The number of alkyl halides is 3. The van der Waals surface area contributed by atoms with Gasteiger partial charge in [0.25, 0.3) is 0 Å². The second-order valence-electron chi connectivity index (χ2n) is 5.69. The topological polar surface area (TPSA) is 60.9 Å². The molecule has 1 aliphatic rings. The minimum absolute atomic E-state index is 0.0641. The smallest absolute Gasteiger partial charge is 0.395 e. The van der Waals surface area contributed by atoms with Gasteiger partial charge in [-0.05, 0) is 5.92 Å². The molecule has 1 heterocycles. The fourth-order valence-electron chi connectivity index (χ4n) is 2.42. The van der Waals surface area contributed by atoms with Crippen LogP contribution in [-0.4, -0.2) is 65.7 Å². The first kappa shape index (κ1) is 17.7. The quantitative estimate of drug-likeness (QED) is 0.792. The van der Waals surface area contributed by atoms with Gasteiger partial charge in [0.15, 0.2) is 0 Å². The van der Waals surface area contributed by atoms with Gasteiger partial charge in [0.1, 0.15) is 6.54 Å². The summed E-state index contributed by atoms with van der Waals surface area (Å²) in [6.07, 6.45) is -4.59. The highest BCUT2D eigenvalue weighted by atomic mass is 19.4. The Bertz CT molecular complexity index is 385. The Balaban J connectivity index is 2.70. The molecule has 0 aromatic heterocycles. The third kappa shape index (κ3) is 5.53. The van der Waals surface area contributed by atoms with Crippen molar-refractivity contribution in [2.24, 2.45) is 11.8 Å². The highest BCUT2D eigenvalue weighted by molar-refractivity contribution is 5.89. The van der Waals surface area contributed by atoms with Crippen molar-refractivity contribution in [3.63, 3.8) is 0 Å². The highest BCUT2D eigenvalue weighted by Crippen LogP contribution is 2.23. The first-order valence-electron chi connectivity index (χ1n) is 6.88. The van der Waals surface area contributed by atoms with Crippen LogP contribution in [0.1, 0.15) is 20.3 Å². The number of rotatable bonds is 6. The maximum Gasteiger partial charge on any atom is 0.406 e. The van der Waals surface area contributed by atoms with Gasteiger partial charge in [-0.1, -0.05) is 13.8 Å². The monoisotopic (exact) mass is 310 g/mol. The lowest BCUT2D eigenvalue weighted by Gasteiger charge is -2.26. The second kappa shape index (κ2) is 7.11. The van der Waals surface area contributed by atoms with Crippen LogP contribution >= 0.6 is 0 Å². The maximum atomic E-state index is 12.4. The van der Waals surface area contributed by atoms with Gasteiger partial charge in [-0.25, -0.2) is 0 Å². The molecular formula is C13H21F3N2O3. The van der Waals surface area contributed by atoms with Gasteiger partial charge in [-0.15, -0.1) is 0 Å². The summed E-state index contributed by atoms with van der Waals surface area (Å²) in [6, 6.07) is 0. The van der Waals surface area contributed by atoms with E-state index in [0.717, 1.165) is 0 Å². The van der Waals surface area contributed by atoms with Gasteiger partial charge in [-0.2, -0.15) is 13.2 Å². The molecule has 1 unspecified atom stereocenters. The summed E-state index contributed by atoms with van der Waals surface area (Å²) in [7, 11) is 0. The number of carbonyl (C=O) groups excluding carboxylic acids is 2. The van der Waals surface area contributed by atoms with Crippen molar-refractivity contribution >= 4 is 11.8 Å². The fraction of sp³-hybridized carbons (Fsp3) is 0.846. The van der Waals surface area contributed by atoms with Crippen LogP contribution in [0.5, 0.6) is 0 Å². The molecule has 21 heavy (non-hydrogen) atoms. The highest BCUT2D eigenvalue weighted by Gasteiger charge is 2.40. The molecule has 0 aliphatic carbocycles. The van der Waals surface area contributed by atoms with Crippen LogP contribution in [0.25, 0.3) is 0 Å². The summed E-state index contributed by atoms with van der Waals surface area (Å²) in [4.78, 5) is 26.0. The number of nitrogens with zero attached hydrogens (tertiary/aromatic N) is 2. The van der Waals surface area contributed by atoms with Crippen molar-refractivity contribution in [1.29, 1.82) is 0 Å². The molecule has 0 aromatic carbocycles. The third-order valence-electron chi connectivity index (χ3n) is 3.20. The van der Waals surface area contributed by atoms with Crippen LogP contribution in [0.2, 0.25) is 0 Å². The summed E-state index contributed by atoms with van der Waals surface area (Å²) in [5.74, 6) is -1.46. The molecule has 1 aliphatic heterocycles. The van der Waals surface area contributed by atoms with Gasteiger partial charge >= 0.3 is 6.18 Å². The molecule has 0 aromatic rings. The maximum absolute atomic E-state index is 12.4. The molecule has 0 saturated carbocycles. The van der Waals surface area contributed by atoms with E-state index in [1.807, 2.05) is 13.8 Å². The van der Waals surface area contributed by atoms with Crippen LogP contribution in [0, 0.1) is 11.8 Å². The van der Waals surface area contributed by atoms with Crippen LogP contribution in [0.15, 0.2) is 0 Å². The average molecular weight is 310 g/mol. The number of aliphatic hydroxyl groups excluding tert-OH is 1. The van der Waals surface area contributed by atoms with E-state index in [4.69, 9.17) is 5.11 Å². The first-order valence-corrected chi connectivity index (χ1v) is 6.88. The Kier molecular flexibility index (Phi) is 6.00. The van der Waals surface area contributed by atoms with Crippen molar-refractivity contribution in [2.45, 2.75) is 26.4 Å². The predicted molar refractivity (Wildman–Crippen MR) is 69.2 cm³/mol. The van der Waals surface area contributed by atoms with Crippen LogP contribution in [-0.2, 0) is 9.59 Å². The Hall–Kier alpha value is -1.31. The van der Waals surface area contributed by atoms with Crippen molar-refractivity contribution in [2.75, 3.05) is 32.8 Å². The number of hydrogen-bond donors (Lipinski definition) is 1. The lowest BCUT2D eigenvalue weighted by molar-refractivity contribution is -0.164. The van der Waals surface area contributed by atoms with E-state index in [2.05, 4.69) is 0 Å². The minimum Gasteiger partial charge on any atom is -0.395 e. The minimum atomic E-state index is -4.52. The van der Waals surface area contributed by atoms with E-state index in [-0.39, 0.29) is 31.3 Å². The van der Waals surface area contributed by atoms with E-state index in [9.17, 15) is 22.8 Å². The summed E-state index contributed by atoms with van der Waals surface area (Å²) < 4.78 is 37.3. The lowest BCUT2D eigenvalue weighted by atomic mass is 10.1. The molecule has 1 atom stereocenters. The SMILES string of the molecule is CC(C)CN1CC(C(=O)N(CCO)CC(F)(F)F)CC1=O. The summed E-state index contributed by atoms with van der Waals surface area (Å²) in [5, 5.41) is 8.81. The largest absolute Gasteiger partial charge is 0.406 e. The molecule has 1 rings (SSSR count). The molecule has 0 bridgehead atoms. The molecule has 1 fully saturated rings. The van der Waals surface area contributed by atoms with Gasteiger partial charge in [-0.3, -0.25) is 9.59 Å². The molecule has 1 saturated heterocycles. The van der Waals surface area contributed by atoms with E-state index in [1.54, 1.807) is 0 Å². The van der Waals surface area contributed by atoms with Crippen LogP contribution in [0.3, 0.4) is 0 Å². The third-order valence-corrected chi connectivity index (χ3v) is 3.20. The number of amides is 2. The summed E-state index contributed by atoms with van der Waals surface area (Å²) >= 11 is 0. The fourth-order valence-corrected chi connectivity index (χ4v) is 2.42. The number of likely N-dealkylation sites (tertiary alicyclic amines) is 1. The average Bonchev–Trinajstić information content (AvgIpc) is 2.67. The first-order chi connectivity index (χ1) is 9.64. The zero-order valence-electron chi connectivity index (χ0n) is 12.2. The number of hydrogen-bond acceptors (Lipinski definition) is 3. The molecule has 8 heteroatoms. The summed E-state index contributed by atoms with van der Waals surface area (Å²) in [5.41, 5.74) is 0.